The molecule has 0 aromatic heterocycles. The van der Waals surface area contributed by atoms with Crippen molar-refractivity contribution in [2.75, 3.05) is 5.75 Å². The van der Waals surface area contributed by atoms with Gasteiger partial charge in [-0.15, -0.1) is 0 Å². The summed E-state index contributed by atoms with van der Waals surface area (Å²) in [6.45, 7) is 7.89. The standard InChI is InChI=1S/C9H19NO4S/c1-8(2,3)10-15(13,14)6-9(4,5)7(11)12/h10H,6H2,1-5H3,(H,11,12). The average molecular weight is 237 g/mol. The van der Waals surface area contributed by atoms with Gasteiger partial charge in [-0.1, -0.05) is 0 Å². The summed E-state index contributed by atoms with van der Waals surface area (Å²) < 4.78 is 25.6. The molecule has 0 fully saturated rings. The Morgan fingerprint density at radius 2 is 1.60 bits per heavy atom. The highest BCUT2D eigenvalue weighted by molar-refractivity contribution is 7.89. The molecule has 0 aliphatic rings. The highest BCUT2D eigenvalue weighted by atomic mass is 32.2. The molecule has 15 heavy (non-hydrogen) atoms. The SMILES string of the molecule is CC(C)(C)NS(=O)(=O)CC(C)(C)C(=O)O. The Morgan fingerprint density at radius 3 is 1.87 bits per heavy atom. The number of hydrogen-bond acceptors (Lipinski definition) is 3. The van der Waals surface area contributed by atoms with Crippen molar-refractivity contribution < 1.29 is 18.3 Å². The van der Waals surface area contributed by atoms with Gasteiger partial charge in [0.25, 0.3) is 0 Å². The average Bonchev–Trinajstić information content (AvgIpc) is 1.75. The Labute approximate surface area is 90.9 Å². The monoisotopic (exact) mass is 237 g/mol. The van der Waals surface area contributed by atoms with Gasteiger partial charge in [-0.3, -0.25) is 4.79 Å². The quantitative estimate of drug-likeness (QED) is 0.758. The first-order chi connectivity index (χ1) is 6.36. The van der Waals surface area contributed by atoms with Crippen LogP contribution in [0, 0.1) is 5.41 Å². The molecule has 0 aromatic carbocycles. The predicted octanol–water partition coefficient (Wildman–Crippen LogP) is 0.815. The van der Waals surface area contributed by atoms with Crippen LogP contribution in [-0.2, 0) is 14.8 Å². The number of rotatable bonds is 4. The molecule has 6 heteroatoms. The van der Waals surface area contributed by atoms with E-state index >= 15 is 0 Å². The molecule has 0 aliphatic heterocycles. The zero-order valence-corrected chi connectivity index (χ0v) is 10.6. The Bertz CT molecular complexity index is 338. The fourth-order valence-electron chi connectivity index (χ4n) is 1.04. The normalized spacial score (nSPS) is 13.9. The summed E-state index contributed by atoms with van der Waals surface area (Å²) in [4.78, 5) is 10.8. The lowest BCUT2D eigenvalue weighted by Gasteiger charge is -2.24. The van der Waals surface area contributed by atoms with Crippen molar-refractivity contribution in [3.63, 3.8) is 0 Å². The molecule has 0 atom stereocenters. The molecule has 0 amide bonds. The van der Waals surface area contributed by atoms with Crippen molar-refractivity contribution in [1.82, 2.24) is 4.72 Å². The molecule has 0 heterocycles. The van der Waals surface area contributed by atoms with E-state index in [1.807, 2.05) is 0 Å². The first-order valence-electron chi connectivity index (χ1n) is 4.61. The maximum absolute atomic E-state index is 11.6. The molecule has 0 saturated carbocycles. The van der Waals surface area contributed by atoms with Gasteiger partial charge in [0.05, 0.1) is 11.2 Å². The van der Waals surface area contributed by atoms with Crippen LogP contribution < -0.4 is 4.72 Å². The Hall–Kier alpha value is -0.620. The second-order valence-electron chi connectivity index (χ2n) is 5.30. The van der Waals surface area contributed by atoms with Gasteiger partial charge in [0.2, 0.25) is 10.0 Å². The van der Waals surface area contributed by atoms with Gasteiger partial charge in [0.1, 0.15) is 0 Å². The van der Waals surface area contributed by atoms with Crippen molar-refractivity contribution in [3.05, 3.63) is 0 Å². The molecule has 0 aromatic rings. The molecule has 0 bridgehead atoms. The second kappa shape index (κ2) is 4.09. The van der Waals surface area contributed by atoms with E-state index in [0.29, 0.717) is 0 Å². The number of aliphatic carboxylic acids is 1. The van der Waals surface area contributed by atoms with E-state index in [4.69, 9.17) is 5.11 Å². The van der Waals surface area contributed by atoms with Crippen LogP contribution in [0.3, 0.4) is 0 Å². The van der Waals surface area contributed by atoms with E-state index in [1.54, 1.807) is 20.8 Å². The number of carboxylic acid groups (broad SMARTS) is 1. The maximum Gasteiger partial charge on any atom is 0.310 e. The number of carbonyl (C=O) groups is 1. The van der Waals surface area contributed by atoms with E-state index in [0.717, 1.165) is 0 Å². The van der Waals surface area contributed by atoms with E-state index in [9.17, 15) is 13.2 Å². The largest absolute Gasteiger partial charge is 0.481 e. The Morgan fingerprint density at radius 1 is 1.20 bits per heavy atom. The summed E-state index contributed by atoms with van der Waals surface area (Å²) >= 11 is 0. The summed E-state index contributed by atoms with van der Waals surface area (Å²) in [7, 11) is -3.57. The Balaban J connectivity index is 4.75. The molecule has 0 aliphatic carbocycles. The predicted molar refractivity (Wildman–Crippen MR) is 58.1 cm³/mol. The molecule has 0 saturated heterocycles. The van der Waals surface area contributed by atoms with Gasteiger partial charge in [0.15, 0.2) is 0 Å². The minimum atomic E-state index is -3.57. The number of carboxylic acids is 1. The van der Waals surface area contributed by atoms with Crippen molar-refractivity contribution in [2.45, 2.75) is 40.2 Å². The van der Waals surface area contributed by atoms with Crippen LogP contribution in [0.4, 0.5) is 0 Å². The zero-order chi connectivity index (χ0) is 12.5. The van der Waals surface area contributed by atoms with Crippen LogP contribution in [0.15, 0.2) is 0 Å². The smallest absolute Gasteiger partial charge is 0.310 e. The van der Waals surface area contributed by atoms with Crippen LogP contribution >= 0.6 is 0 Å². The van der Waals surface area contributed by atoms with E-state index in [2.05, 4.69) is 4.72 Å². The lowest BCUT2D eigenvalue weighted by molar-refractivity contribution is -0.145. The summed E-state index contributed by atoms with van der Waals surface area (Å²) in [6, 6.07) is 0. The third-order valence-corrected chi connectivity index (χ3v) is 3.62. The van der Waals surface area contributed by atoms with Crippen molar-refractivity contribution in [2.24, 2.45) is 5.41 Å². The number of hydrogen-bond donors (Lipinski definition) is 2. The highest BCUT2D eigenvalue weighted by Gasteiger charge is 2.34. The lowest BCUT2D eigenvalue weighted by Crippen LogP contribution is -2.45. The van der Waals surface area contributed by atoms with Gasteiger partial charge in [0, 0.05) is 5.54 Å². The van der Waals surface area contributed by atoms with Gasteiger partial charge >= 0.3 is 5.97 Å². The molecule has 0 unspecified atom stereocenters. The molecule has 5 nitrogen and oxygen atoms in total. The van der Waals surface area contributed by atoms with Crippen LogP contribution in [0.5, 0.6) is 0 Å². The minimum absolute atomic E-state index is 0.424. The molecule has 0 spiro atoms. The van der Waals surface area contributed by atoms with Crippen LogP contribution in [0.2, 0.25) is 0 Å². The van der Waals surface area contributed by atoms with Gasteiger partial charge in [-0.05, 0) is 34.6 Å². The van der Waals surface area contributed by atoms with Crippen molar-refractivity contribution in [1.29, 1.82) is 0 Å². The summed E-state index contributed by atoms with van der Waals surface area (Å²) in [5.74, 6) is -1.55. The summed E-state index contributed by atoms with van der Waals surface area (Å²) in [6.07, 6.45) is 0. The lowest BCUT2D eigenvalue weighted by atomic mass is 9.97. The van der Waals surface area contributed by atoms with Crippen molar-refractivity contribution >= 4 is 16.0 Å². The molecular weight excluding hydrogens is 218 g/mol. The van der Waals surface area contributed by atoms with E-state index in [1.165, 1.54) is 13.8 Å². The fourth-order valence-corrected chi connectivity index (χ4v) is 3.12. The van der Waals surface area contributed by atoms with E-state index < -0.39 is 32.7 Å². The van der Waals surface area contributed by atoms with E-state index in [-0.39, 0.29) is 0 Å². The topological polar surface area (TPSA) is 83.5 Å². The fraction of sp³-hybridized carbons (Fsp3) is 0.889. The van der Waals surface area contributed by atoms with Crippen LogP contribution in [0.1, 0.15) is 34.6 Å². The molecule has 0 rings (SSSR count). The second-order valence-corrected chi connectivity index (χ2v) is 7.02. The molecule has 0 radical (unpaired) electrons. The highest BCUT2D eigenvalue weighted by Crippen LogP contribution is 2.18. The van der Waals surface area contributed by atoms with Gasteiger partial charge in [-0.25, -0.2) is 13.1 Å². The third kappa shape index (κ3) is 5.74. The summed E-state index contributed by atoms with van der Waals surface area (Å²) in [5, 5.41) is 8.81. The van der Waals surface area contributed by atoms with Gasteiger partial charge in [-0.2, -0.15) is 0 Å². The number of sulfonamides is 1. The van der Waals surface area contributed by atoms with Crippen molar-refractivity contribution in [3.8, 4) is 0 Å². The first-order valence-corrected chi connectivity index (χ1v) is 6.26. The maximum atomic E-state index is 11.6. The molecule has 90 valence electrons. The first kappa shape index (κ1) is 14.4. The van der Waals surface area contributed by atoms with Crippen LogP contribution in [0.25, 0.3) is 0 Å². The Kier molecular flexibility index (Phi) is 3.93. The third-order valence-electron chi connectivity index (χ3n) is 1.59. The zero-order valence-electron chi connectivity index (χ0n) is 9.79. The van der Waals surface area contributed by atoms with Gasteiger partial charge < -0.3 is 5.11 Å². The molecule has 2 N–H and O–H groups in total. The number of nitrogens with one attached hydrogen (secondary N) is 1. The van der Waals surface area contributed by atoms with Crippen LogP contribution in [-0.4, -0.2) is 30.8 Å². The minimum Gasteiger partial charge on any atom is -0.481 e. The summed E-state index contributed by atoms with van der Waals surface area (Å²) in [5.41, 5.74) is -1.87. The molecular formula is C9H19NO4S.